The predicted molar refractivity (Wildman–Crippen MR) is 118 cm³/mol. The number of nitrogens with one attached hydrogen (secondary N) is 1. The second-order valence-electron chi connectivity index (χ2n) is 7.64. The molecule has 0 radical (unpaired) electrons. The van der Waals surface area contributed by atoms with Crippen molar-refractivity contribution in [2.75, 3.05) is 40.8 Å². The fourth-order valence-electron chi connectivity index (χ4n) is 3.66. The van der Waals surface area contributed by atoms with E-state index in [4.69, 9.17) is 4.74 Å². The Morgan fingerprint density at radius 3 is 2.43 bits per heavy atom. The number of piperidine rings is 1. The van der Waals surface area contributed by atoms with Gasteiger partial charge in [0.25, 0.3) is 0 Å². The molecule has 1 unspecified atom stereocenters. The highest BCUT2D eigenvalue weighted by atomic mass is 32.2. The van der Waals surface area contributed by atoms with Crippen LogP contribution in [0.5, 0.6) is 5.75 Å². The number of benzene rings is 1. The molecule has 2 aromatic rings. The van der Waals surface area contributed by atoms with Crippen LogP contribution in [0.25, 0.3) is 0 Å². The fourth-order valence-corrected chi connectivity index (χ4v) is 5.84. The Morgan fingerprint density at radius 2 is 1.90 bits per heavy atom. The molecular formula is C21H29N3O4S2. The summed E-state index contributed by atoms with van der Waals surface area (Å²) in [4.78, 5) is 15.0. The average molecular weight is 452 g/mol. The van der Waals surface area contributed by atoms with Crippen LogP contribution >= 0.6 is 11.3 Å². The molecule has 0 saturated carbocycles. The minimum absolute atomic E-state index is 0.00132. The van der Waals surface area contributed by atoms with Crippen molar-refractivity contribution in [1.82, 2.24) is 14.5 Å². The normalized spacial score (nSPS) is 17.1. The highest BCUT2D eigenvalue weighted by Crippen LogP contribution is 2.26. The summed E-state index contributed by atoms with van der Waals surface area (Å²) in [5.41, 5.74) is 1.19. The molecule has 9 heteroatoms. The van der Waals surface area contributed by atoms with E-state index in [9.17, 15) is 13.2 Å². The molecule has 1 atom stereocenters. The molecule has 0 aliphatic carbocycles. The molecule has 1 saturated heterocycles. The van der Waals surface area contributed by atoms with Gasteiger partial charge >= 0.3 is 0 Å². The van der Waals surface area contributed by atoms with E-state index in [0.717, 1.165) is 0 Å². The smallest absolute Gasteiger partial charge is 0.243 e. The van der Waals surface area contributed by atoms with Crippen LogP contribution < -0.4 is 10.1 Å². The molecule has 1 aliphatic rings. The first-order valence-electron chi connectivity index (χ1n) is 9.93. The number of nitrogens with zero attached hydrogens (tertiary/aromatic N) is 2. The lowest BCUT2D eigenvalue weighted by molar-refractivity contribution is -0.126. The Hall–Kier alpha value is -1.94. The lowest BCUT2D eigenvalue weighted by atomic mass is 9.97. The van der Waals surface area contributed by atoms with Crippen molar-refractivity contribution in [3.05, 3.63) is 46.7 Å². The van der Waals surface area contributed by atoms with Crippen molar-refractivity contribution in [3.63, 3.8) is 0 Å². The van der Waals surface area contributed by atoms with E-state index in [1.807, 2.05) is 19.5 Å². The van der Waals surface area contributed by atoms with Crippen molar-refractivity contribution >= 4 is 27.3 Å². The first-order chi connectivity index (χ1) is 14.3. The summed E-state index contributed by atoms with van der Waals surface area (Å²) >= 11 is 1.64. The summed E-state index contributed by atoms with van der Waals surface area (Å²) in [5, 5.41) is 7.19. The number of carbonyl (C=O) groups excluding carboxylic acids is 1. The minimum Gasteiger partial charge on any atom is -0.497 e. The lowest BCUT2D eigenvalue weighted by Crippen LogP contribution is -2.44. The van der Waals surface area contributed by atoms with Gasteiger partial charge in [-0.3, -0.25) is 4.79 Å². The van der Waals surface area contributed by atoms with E-state index < -0.39 is 10.0 Å². The maximum absolute atomic E-state index is 12.9. The van der Waals surface area contributed by atoms with E-state index in [2.05, 4.69) is 21.7 Å². The van der Waals surface area contributed by atoms with Gasteiger partial charge in [0.05, 0.1) is 18.0 Å². The quantitative estimate of drug-likeness (QED) is 0.667. The number of hydrogen-bond acceptors (Lipinski definition) is 6. The van der Waals surface area contributed by atoms with Crippen LogP contribution in [-0.2, 0) is 14.8 Å². The molecule has 0 spiro atoms. The largest absolute Gasteiger partial charge is 0.497 e. The molecule has 0 bridgehead atoms. The van der Waals surface area contributed by atoms with Crippen LogP contribution in [0, 0.1) is 5.92 Å². The SMILES string of the molecule is COc1ccc(S(=O)(=O)N2CCC(C(=O)NCC(c3ccsc3)N(C)C)CC2)cc1. The standard InChI is InChI=1S/C21H29N3O4S2/c1-23(2)20(17-10-13-29-15-17)14-22-21(25)16-8-11-24(12-9-16)30(26,27)19-6-4-18(28-3)5-7-19/h4-7,10,13,15-16,20H,8-9,11-12,14H2,1-3H3,(H,22,25). The molecule has 164 valence electrons. The molecule has 1 aromatic carbocycles. The Labute approximate surface area is 182 Å². The zero-order valence-corrected chi connectivity index (χ0v) is 19.2. The van der Waals surface area contributed by atoms with Crippen LogP contribution in [0.3, 0.4) is 0 Å². The highest BCUT2D eigenvalue weighted by molar-refractivity contribution is 7.89. The summed E-state index contributed by atoms with van der Waals surface area (Å²) in [6, 6.07) is 8.58. The molecule has 3 rings (SSSR count). The Balaban J connectivity index is 1.54. The van der Waals surface area contributed by atoms with E-state index >= 15 is 0 Å². The van der Waals surface area contributed by atoms with Crippen molar-refractivity contribution < 1.29 is 17.9 Å². The number of thiophene rings is 1. The average Bonchev–Trinajstić information content (AvgIpc) is 3.28. The van der Waals surface area contributed by atoms with Gasteiger partial charge in [-0.1, -0.05) is 0 Å². The van der Waals surface area contributed by atoms with Crippen LogP contribution in [0.4, 0.5) is 0 Å². The van der Waals surface area contributed by atoms with Gasteiger partial charge in [0.15, 0.2) is 0 Å². The fraction of sp³-hybridized carbons (Fsp3) is 0.476. The number of methoxy groups -OCH3 is 1. The summed E-state index contributed by atoms with van der Waals surface area (Å²) in [6.45, 7) is 1.22. The molecule has 2 heterocycles. The van der Waals surface area contributed by atoms with Gasteiger partial charge in [-0.15, -0.1) is 0 Å². The number of amides is 1. The zero-order chi connectivity index (χ0) is 21.7. The molecule has 30 heavy (non-hydrogen) atoms. The second kappa shape index (κ2) is 9.91. The van der Waals surface area contributed by atoms with Crippen molar-refractivity contribution in [2.24, 2.45) is 5.92 Å². The summed E-state index contributed by atoms with van der Waals surface area (Å²) in [7, 11) is 1.97. The van der Waals surface area contributed by atoms with Crippen molar-refractivity contribution in [1.29, 1.82) is 0 Å². The Bertz CT molecular complexity index is 920. The highest BCUT2D eigenvalue weighted by Gasteiger charge is 2.32. The molecule has 1 aliphatic heterocycles. The zero-order valence-electron chi connectivity index (χ0n) is 17.6. The van der Waals surface area contributed by atoms with E-state index in [1.165, 1.54) is 9.87 Å². The summed E-state index contributed by atoms with van der Waals surface area (Å²) in [6.07, 6.45) is 1.04. The number of carbonyl (C=O) groups is 1. The first kappa shape index (κ1) is 22.7. The molecule has 1 aromatic heterocycles. The maximum atomic E-state index is 12.9. The lowest BCUT2D eigenvalue weighted by Gasteiger charge is -2.31. The van der Waals surface area contributed by atoms with Gasteiger partial charge in [-0.25, -0.2) is 8.42 Å². The van der Waals surface area contributed by atoms with Crippen LogP contribution in [0.2, 0.25) is 0 Å². The van der Waals surface area contributed by atoms with Gasteiger partial charge in [0.1, 0.15) is 5.75 Å². The summed E-state index contributed by atoms with van der Waals surface area (Å²) < 4.78 is 32.3. The number of ether oxygens (including phenoxy) is 1. The van der Waals surface area contributed by atoms with Crippen LogP contribution in [0.1, 0.15) is 24.4 Å². The van der Waals surface area contributed by atoms with Gasteiger partial charge < -0.3 is 15.0 Å². The molecule has 1 fully saturated rings. The predicted octanol–water partition coefficient (Wildman–Crippen LogP) is 2.58. The first-order valence-corrected chi connectivity index (χ1v) is 12.3. The number of likely N-dealkylation sites (N-methyl/N-ethyl adjacent to an activating group) is 1. The Morgan fingerprint density at radius 1 is 1.23 bits per heavy atom. The molecule has 1 N–H and O–H groups in total. The summed E-state index contributed by atoms with van der Waals surface area (Å²) in [5.74, 6) is 0.444. The topological polar surface area (TPSA) is 79.0 Å². The molecule has 7 nitrogen and oxygen atoms in total. The van der Waals surface area contributed by atoms with Crippen molar-refractivity contribution in [2.45, 2.75) is 23.8 Å². The monoisotopic (exact) mass is 451 g/mol. The Kier molecular flexibility index (Phi) is 7.51. The van der Waals surface area contributed by atoms with Crippen molar-refractivity contribution in [3.8, 4) is 5.75 Å². The third-order valence-corrected chi connectivity index (χ3v) is 8.16. The van der Waals surface area contributed by atoms with Gasteiger partial charge in [-0.05, 0) is 73.6 Å². The van der Waals surface area contributed by atoms with Gasteiger partial charge in [-0.2, -0.15) is 15.6 Å². The molecule has 1 amide bonds. The molecular weight excluding hydrogens is 422 g/mol. The number of hydrogen-bond donors (Lipinski definition) is 1. The number of sulfonamides is 1. The van der Waals surface area contributed by atoms with Crippen LogP contribution in [0.15, 0.2) is 46.0 Å². The van der Waals surface area contributed by atoms with Gasteiger partial charge in [0, 0.05) is 25.6 Å². The van der Waals surface area contributed by atoms with Crippen LogP contribution in [-0.4, -0.2) is 64.4 Å². The number of rotatable bonds is 8. The maximum Gasteiger partial charge on any atom is 0.243 e. The third-order valence-electron chi connectivity index (χ3n) is 5.54. The van der Waals surface area contributed by atoms with E-state index in [1.54, 1.807) is 42.7 Å². The van der Waals surface area contributed by atoms with E-state index in [0.29, 0.717) is 38.2 Å². The van der Waals surface area contributed by atoms with Gasteiger partial charge in [0.2, 0.25) is 15.9 Å². The second-order valence-corrected chi connectivity index (χ2v) is 10.4. The minimum atomic E-state index is -3.56. The third kappa shape index (κ3) is 5.21. The van der Waals surface area contributed by atoms with E-state index in [-0.39, 0.29) is 22.8 Å².